The van der Waals surface area contributed by atoms with E-state index in [-0.39, 0.29) is 5.91 Å². The van der Waals surface area contributed by atoms with E-state index >= 15 is 0 Å². The van der Waals surface area contributed by atoms with Crippen molar-refractivity contribution in [2.45, 2.75) is 193 Å². The smallest absolute Gasteiger partial charge is 0.267 e. The number of rotatable bonds is 32. The molecule has 0 aromatic carbocycles. The number of allylic oxidation sites excluding steroid dienone is 3. The number of hydrogen-bond acceptors (Lipinski definition) is 4. The maximum absolute atomic E-state index is 12.4. The van der Waals surface area contributed by atoms with E-state index in [0.29, 0.717) is 6.42 Å². The monoisotopic (exact) mass is 627 g/mol. The molecule has 0 saturated carbocycles. The molecule has 0 aliphatic heterocycles. The van der Waals surface area contributed by atoms with Gasteiger partial charge in [-0.15, -0.1) is 0 Å². The molecule has 0 aliphatic rings. The van der Waals surface area contributed by atoms with Crippen LogP contribution in [0, 0.1) is 0 Å². The minimum atomic E-state index is -4.34. The van der Waals surface area contributed by atoms with Crippen LogP contribution in [0.4, 0.5) is 0 Å². The van der Waals surface area contributed by atoms with Crippen LogP contribution in [0.1, 0.15) is 181 Å². The fraction of sp³-hybridized carbons (Fsp3) is 0.861. The molecule has 0 rings (SSSR count). The summed E-state index contributed by atoms with van der Waals surface area (Å²) in [5.74, 6) is -0.996. The summed E-state index contributed by atoms with van der Waals surface area (Å²) in [7, 11) is -4.34. The van der Waals surface area contributed by atoms with Crippen molar-refractivity contribution in [3.05, 3.63) is 24.3 Å². The van der Waals surface area contributed by atoms with E-state index in [1.54, 1.807) is 0 Å². The zero-order valence-electron chi connectivity index (χ0n) is 28.1. The van der Waals surface area contributed by atoms with E-state index in [1.807, 2.05) is 6.08 Å². The quantitative estimate of drug-likeness (QED) is 0.0391. The molecule has 2 unspecified atom stereocenters. The summed E-state index contributed by atoms with van der Waals surface area (Å²) in [5, 5.41) is 13.1. The van der Waals surface area contributed by atoms with Crippen LogP contribution in [0.2, 0.25) is 0 Å². The number of aliphatic hydroxyl groups is 1. The maximum atomic E-state index is 12.4. The lowest BCUT2D eigenvalue weighted by Crippen LogP contribution is -2.46. The predicted molar refractivity (Wildman–Crippen MR) is 184 cm³/mol. The van der Waals surface area contributed by atoms with Crippen LogP contribution in [-0.4, -0.2) is 41.9 Å². The number of carbonyl (C=O) groups excluding carboxylic acids is 1. The van der Waals surface area contributed by atoms with Gasteiger partial charge in [-0.3, -0.25) is 9.35 Å². The van der Waals surface area contributed by atoms with Crippen molar-refractivity contribution in [1.82, 2.24) is 5.32 Å². The molecular weight excluding hydrogens is 558 g/mol. The fourth-order valence-corrected chi connectivity index (χ4v) is 6.14. The van der Waals surface area contributed by atoms with Crippen molar-refractivity contribution >= 4 is 16.0 Å². The Morgan fingerprint density at radius 3 is 1.47 bits per heavy atom. The van der Waals surface area contributed by atoms with Crippen LogP contribution in [0.3, 0.4) is 0 Å². The Kier molecular flexibility index (Phi) is 30.0. The van der Waals surface area contributed by atoms with E-state index in [1.165, 1.54) is 128 Å². The van der Waals surface area contributed by atoms with Crippen molar-refractivity contribution < 1.29 is 22.9 Å². The summed E-state index contributed by atoms with van der Waals surface area (Å²) in [4.78, 5) is 12.4. The van der Waals surface area contributed by atoms with Gasteiger partial charge < -0.3 is 10.4 Å². The molecule has 7 heteroatoms. The van der Waals surface area contributed by atoms with E-state index in [2.05, 4.69) is 31.3 Å². The largest absolute Gasteiger partial charge is 0.387 e. The molecule has 0 saturated heterocycles. The highest BCUT2D eigenvalue weighted by molar-refractivity contribution is 7.85. The van der Waals surface area contributed by atoms with Crippen molar-refractivity contribution in [1.29, 1.82) is 0 Å². The van der Waals surface area contributed by atoms with E-state index < -0.39 is 28.0 Å². The Morgan fingerprint density at radius 1 is 0.605 bits per heavy atom. The van der Waals surface area contributed by atoms with Crippen LogP contribution < -0.4 is 5.32 Å². The highest BCUT2D eigenvalue weighted by Crippen LogP contribution is 2.14. The first-order valence-corrected chi connectivity index (χ1v) is 19.6. The first kappa shape index (κ1) is 41.8. The normalized spacial score (nSPS) is 13.7. The zero-order valence-corrected chi connectivity index (χ0v) is 28.9. The molecule has 254 valence electrons. The van der Waals surface area contributed by atoms with Gasteiger partial charge >= 0.3 is 0 Å². The second-order valence-corrected chi connectivity index (χ2v) is 14.0. The molecule has 0 aromatic rings. The maximum Gasteiger partial charge on any atom is 0.267 e. The van der Waals surface area contributed by atoms with E-state index in [4.69, 9.17) is 0 Å². The predicted octanol–water partition coefficient (Wildman–Crippen LogP) is 10.0. The minimum Gasteiger partial charge on any atom is -0.387 e. The molecule has 0 heterocycles. The number of nitrogens with one attached hydrogen (secondary N) is 1. The summed E-state index contributed by atoms with van der Waals surface area (Å²) in [5.41, 5.74) is 0. The molecule has 0 aliphatic carbocycles. The second-order valence-electron chi connectivity index (χ2n) is 12.5. The number of carbonyl (C=O) groups is 1. The average Bonchev–Trinajstić information content (AvgIpc) is 2.96. The van der Waals surface area contributed by atoms with Gasteiger partial charge in [0.05, 0.1) is 17.9 Å². The number of unbranched alkanes of at least 4 members (excludes halogenated alkanes) is 22. The molecule has 0 spiro atoms. The van der Waals surface area contributed by atoms with Crippen LogP contribution in [0.15, 0.2) is 24.3 Å². The second kappa shape index (κ2) is 30.8. The molecule has 43 heavy (non-hydrogen) atoms. The zero-order chi connectivity index (χ0) is 31.9. The highest BCUT2D eigenvalue weighted by atomic mass is 32.2. The molecule has 0 radical (unpaired) electrons. The van der Waals surface area contributed by atoms with E-state index in [0.717, 1.165) is 38.5 Å². The number of hydrogen-bond donors (Lipinski definition) is 3. The summed E-state index contributed by atoms with van der Waals surface area (Å²) < 4.78 is 32.3. The van der Waals surface area contributed by atoms with Gasteiger partial charge in [0, 0.05) is 6.42 Å². The first-order chi connectivity index (χ1) is 20.8. The minimum absolute atomic E-state index is 0.289. The molecule has 0 bridgehead atoms. The Morgan fingerprint density at radius 2 is 1.00 bits per heavy atom. The van der Waals surface area contributed by atoms with Gasteiger partial charge in [-0.25, -0.2) is 0 Å². The lowest BCUT2D eigenvalue weighted by Gasteiger charge is -2.21. The number of aliphatic hydroxyl groups excluding tert-OH is 1. The van der Waals surface area contributed by atoms with Gasteiger partial charge in [-0.05, 0) is 32.1 Å². The third kappa shape index (κ3) is 32.0. The van der Waals surface area contributed by atoms with Crippen molar-refractivity contribution in [3.8, 4) is 0 Å². The van der Waals surface area contributed by atoms with Gasteiger partial charge in [-0.2, -0.15) is 8.42 Å². The summed E-state index contributed by atoms with van der Waals surface area (Å²) in [6.07, 6.45) is 37.3. The third-order valence-corrected chi connectivity index (χ3v) is 8.91. The van der Waals surface area contributed by atoms with Crippen molar-refractivity contribution in [2.24, 2.45) is 0 Å². The van der Waals surface area contributed by atoms with Crippen LogP contribution in [-0.2, 0) is 14.9 Å². The Bertz CT molecular complexity index is 781. The first-order valence-electron chi connectivity index (χ1n) is 18.0. The Hall–Kier alpha value is -1.18. The lowest BCUT2D eigenvalue weighted by atomic mass is 10.0. The molecule has 3 N–H and O–H groups in total. The summed E-state index contributed by atoms with van der Waals surface area (Å²) in [6.45, 7) is 4.49. The van der Waals surface area contributed by atoms with Gasteiger partial charge in [0.2, 0.25) is 5.91 Å². The van der Waals surface area contributed by atoms with Gasteiger partial charge in [0.1, 0.15) is 0 Å². The van der Waals surface area contributed by atoms with Crippen molar-refractivity contribution in [3.63, 3.8) is 0 Å². The van der Waals surface area contributed by atoms with Gasteiger partial charge in [0.15, 0.2) is 0 Å². The van der Waals surface area contributed by atoms with Crippen molar-refractivity contribution in [2.75, 3.05) is 5.75 Å². The van der Waals surface area contributed by atoms with Gasteiger partial charge in [-0.1, -0.05) is 167 Å². The van der Waals surface area contributed by atoms with E-state index in [9.17, 15) is 22.9 Å². The summed E-state index contributed by atoms with van der Waals surface area (Å²) >= 11 is 0. The number of amides is 1. The average molecular weight is 628 g/mol. The van der Waals surface area contributed by atoms with Crippen LogP contribution in [0.25, 0.3) is 0 Å². The highest BCUT2D eigenvalue weighted by Gasteiger charge is 2.24. The standard InChI is InChI=1S/C36H69NO5S/c1-3-5-7-9-11-13-15-16-17-18-19-20-22-23-25-27-29-31-35(38)34(33-43(40,41)42)37-36(39)32-30-28-26-24-21-14-12-10-8-6-4-2/h22-23,29,31,34-35,38H,3-21,24-28,30,32-33H2,1-2H3,(H,37,39)(H,40,41,42)/b23-22+,31-29+. The Balaban J connectivity index is 4.03. The molecule has 0 fully saturated rings. The molecule has 6 nitrogen and oxygen atoms in total. The summed E-state index contributed by atoms with van der Waals surface area (Å²) in [6, 6.07) is -1.07. The van der Waals surface area contributed by atoms with Crippen LogP contribution in [0.5, 0.6) is 0 Å². The Labute approximate surface area is 266 Å². The third-order valence-electron chi connectivity index (χ3n) is 8.13. The van der Waals surface area contributed by atoms with Crippen LogP contribution >= 0.6 is 0 Å². The lowest BCUT2D eigenvalue weighted by molar-refractivity contribution is -0.122. The fourth-order valence-electron chi connectivity index (χ4n) is 5.41. The van der Waals surface area contributed by atoms with Gasteiger partial charge in [0.25, 0.3) is 10.1 Å². The molecule has 0 aromatic heterocycles. The molecule has 2 atom stereocenters. The molecule has 1 amide bonds. The molecular formula is C36H69NO5S. The topological polar surface area (TPSA) is 104 Å². The SMILES string of the molecule is CCCCCCCCCCCCC/C=C/CC/C=C/C(O)C(CS(=O)(=O)O)NC(=O)CCCCCCCCCCCCC.